The quantitative estimate of drug-likeness (QED) is 0.725. The molecule has 88 valence electrons. The zero-order valence-corrected chi connectivity index (χ0v) is 9.65. The van der Waals surface area contributed by atoms with Crippen LogP contribution in [0.5, 0.6) is 0 Å². The van der Waals surface area contributed by atoms with Gasteiger partial charge in [0.05, 0.1) is 6.42 Å². The second-order valence-corrected chi connectivity index (χ2v) is 4.90. The Kier molecular flexibility index (Phi) is 4.54. The van der Waals surface area contributed by atoms with Crippen molar-refractivity contribution in [3.63, 3.8) is 0 Å². The molecule has 0 aliphatic carbocycles. The predicted octanol–water partition coefficient (Wildman–Crippen LogP) is 0.766. The molecule has 1 saturated heterocycles. The minimum absolute atomic E-state index is 0.208. The van der Waals surface area contributed by atoms with Crippen molar-refractivity contribution in [3.05, 3.63) is 0 Å². The van der Waals surface area contributed by atoms with Crippen molar-refractivity contribution in [3.8, 4) is 0 Å². The molecule has 0 bridgehead atoms. The highest BCUT2D eigenvalue weighted by Crippen LogP contribution is 2.22. The summed E-state index contributed by atoms with van der Waals surface area (Å²) in [6.07, 6.45) is 1.29. The Morgan fingerprint density at radius 3 is 2.73 bits per heavy atom. The molecule has 0 radical (unpaired) electrons. The van der Waals surface area contributed by atoms with E-state index in [1.807, 2.05) is 0 Å². The number of nitrogens with two attached hydrogens (primary N) is 1. The molecule has 4 nitrogen and oxygen atoms in total. The fourth-order valence-electron chi connectivity index (χ4n) is 2.20. The molecule has 0 aromatic carbocycles. The summed E-state index contributed by atoms with van der Waals surface area (Å²) in [5.41, 5.74) is 5.97. The van der Waals surface area contributed by atoms with Gasteiger partial charge in [-0.2, -0.15) is 0 Å². The van der Waals surface area contributed by atoms with Crippen molar-refractivity contribution in [2.45, 2.75) is 32.7 Å². The SMILES string of the molecule is CC(C)C1CC(N)CN(CCC(=O)O)C1. The van der Waals surface area contributed by atoms with Crippen LogP contribution in [-0.4, -0.2) is 41.7 Å². The van der Waals surface area contributed by atoms with Crippen molar-refractivity contribution in [1.29, 1.82) is 0 Å². The van der Waals surface area contributed by atoms with Gasteiger partial charge in [0.15, 0.2) is 0 Å². The lowest BCUT2D eigenvalue weighted by atomic mass is 9.86. The lowest BCUT2D eigenvalue weighted by Gasteiger charge is -2.37. The van der Waals surface area contributed by atoms with Gasteiger partial charge in [-0.05, 0) is 18.3 Å². The van der Waals surface area contributed by atoms with E-state index in [-0.39, 0.29) is 12.5 Å². The number of carbonyl (C=O) groups is 1. The van der Waals surface area contributed by atoms with E-state index in [1.165, 1.54) is 0 Å². The van der Waals surface area contributed by atoms with Gasteiger partial charge >= 0.3 is 5.97 Å². The number of carboxylic acid groups (broad SMARTS) is 1. The molecule has 1 fully saturated rings. The third kappa shape index (κ3) is 4.18. The maximum absolute atomic E-state index is 10.5. The van der Waals surface area contributed by atoms with Crippen LogP contribution in [0.1, 0.15) is 26.7 Å². The minimum Gasteiger partial charge on any atom is -0.481 e. The molecule has 2 unspecified atom stereocenters. The topological polar surface area (TPSA) is 66.6 Å². The van der Waals surface area contributed by atoms with E-state index in [0.29, 0.717) is 18.4 Å². The molecule has 0 aromatic rings. The third-order valence-electron chi connectivity index (χ3n) is 3.18. The number of carboxylic acids is 1. The van der Waals surface area contributed by atoms with Crippen molar-refractivity contribution in [2.24, 2.45) is 17.6 Å². The zero-order chi connectivity index (χ0) is 11.4. The Labute approximate surface area is 91.4 Å². The summed E-state index contributed by atoms with van der Waals surface area (Å²) in [6.45, 7) is 6.89. The van der Waals surface area contributed by atoms with E-state index < -0.39 is 5.97 Å². The highest BCUT2D eigenvalue weighted by Gasteiger charge is 2.26. The van der Waals surface area contributed by atoms with Gasteiger partial charge in [0, 0.05) is 25.7 Å². The molecule has 0 amide bonds. The van der Waals surface area contributed by atoms with Crippen LogP contribution in [0.3, 0.4) is 0 Å². The van der Waals surface area contributed by atoms with Crippen molar-refractivity contribution < 1.29 is 9.90 Å². The van der Waals surface area contributed by atoms with Gasteiger partial charge < -0.3 is 15.7 Å². The summed E-state index contributed by atoms with van der Waals surface area (Å²) < 4.78 is 0. The van der Waals surface area contributed by atoms with Crippen molar-refractivity contribution in [2.75, 3.05) is 19.6 Å². The number of piperidine rings is 1. The van der Waals surface area contributed by atoms with Crippen LogP contribution in [-0.2, 0) is 4.79 Å². The first-order valence-corrected chi connectivity index (χ1v) is 5.68. The molecule has 1 aliphatic rings. The van der Waals surface area contributed by atoms with Gasteiger partial charge in [-0.15, -0.1) is 0 Å². The average molecular weight is 214 g/mol. The van der Waals surface area contributed by atoms with Gasteiger partial charge in [-0.3, -0.25) is 4.79 Å². The number of aliphatic carboxylic acids is 1. The first-order valence-electron chi connectivity index (χ1n) is 5.68. The fraction of sp³-hybridized carbons (Fsp3) is 0.909. The molecular formula is C11H22N2O2. The number of hydrogen-bond acceptors (Lipinski definition) is 3. The molecule has 4 heteroatoms. The molecule has 1 rings (SSSR count). The number of rotatable bonds is 4. The van der Waals surface area contributed by atoms with Crippen LogP contribution >= 0.6 is 0 Å². The second-order valence-electron chi connectivity index (χ2n) is 4.90. The van der Waals surface area contributed by atoms with E-state index in [4.69, 9.17) is 10.8 Å². The maximum atomic E-state index is 10.5. The number of nitrogens with zero attached hydrogens (tertiary/aromatic N) is 1. The zero-order valence-electron chi connectivity index (χ0n) is 9.65. The Balaban J connectivity index is 2.41. The third-order valence-corrected chi connectivity index (χ3v) is 3.18. The smallest absolute Gasteiger partial charge is 0.304 e. The first kappa shape index (κ1) is 12.5. The molecule has 15 heavy (non-hydrogen) atoms. The van der Waals surface area contributed by atoms with Gasteiger partial charge in [0.1, 0.15) is 0 Å². The Morgan fingerprint density at radius 2 is 2.20 bits per heavy atom. The normalized spacial score (nSPS) is 28.3. The van der Waals surface area contributed by atoms with E-state index in [2.05, 4.69) is 18.7 Å². The standard InChI is InChI=1S/C11H22N2O2/c1-8(2)9-5-10(12)7-13(6-9)4-3-11(14)15/h8-10H,3-7,12H2,1-2H3,(H,14,15). The lowest BCUT2D eigenvalue weighted by Crippen LogP contribution is -2.48. The van der Waals surface area contributed by atoms with Crippen LogP contribution in [0.15, 0.2) is 0 Å². The Bertz CT molecular complexity index is 219. The van der Waals surface area contributed by atoms with Crippen LogP contribution < -0.4 is 5.73 Å². The van der Waals surface area contributed by atoms with Crippen LogP contribution in [0, 0.1) is 11.8 Å². The maximum Gasteiger partial charge on any atom is 0.304 e. The fourth-order valence-corrected chi connectivity index (χ4v) is 2.20. The summed E-state index contributed by atoms with van der Waals surface area (Å²) in [6, 6.07) is 0.208. The molecule has 2 atom stereocenters. The van der Waals surface area contributed by atoms with E-state index in [0.717, 1.165) is 19.5 Å². The van der Waals surface area contributed by atoms with Gasteiger partial charge in [-0.25, -0.2) is 0 Å². The Morgan fingerprint density at radius 1 is 1.53 bits per heavy atom. The lowest BCUT2D eigenvalue weighted by molar-refractivity contribution is -0.137. The van der Waals surface area contributed by atoms with Gasteiger partial charge in [-0.1, -0.05) is 13.8 Å². The van der Waals surface area contributed by atoms with Crippen molar-refractivity contribution in [1.82, 2.24) is 4.90 Å². The van der Waals surface area contributed by atoms with Gasteiger partial charge in [0.25, 0.3) is 0 Å². The largest absolute Gasteiger partial charge is 0.481 e. The molecular weight excluding hydrogens is 192 g/mol. The van der Waals surface area contributed by atoms with E-state index in [9.17, 15) is 4.79 Å². The molecule has 0 aromatic heterocycles. The summed E-state index contributed by atoms with van der Waals surface area (Å²) in [4.78, 5) is 12.7. The average Bonchev–Trinajstić information content (AvgIpc) is 2.13. The second kappa shape index (κ2) is 5.47. The summed E-state index contributed by atoms with van der Waals surface area (Å²) >= 11 is 0. The first-order chi connectivity index (χ1) is 6.99. The Hall–Kier alpha value is -0.610. The van der Waals surface area contributed by atoms with Crippen LogP contribution in [0.2, 0.25) is 0 Å². The van der Waals surface area contributed by atoms with E-state index >= 15 is 0 Å². The summed E-state index contributed by atoms with van der Waals surface area (Å²) in [5, 5.41) is 8.63. The highest BCUT2D eigenvalue weighted by atomic mass is 16.4. The van der Waals surface area contributed by atoms with Crippen molar-refractivity contribution >= 4 is 5.97 Å². The summed E-state index contributed by atoms with van der Waals surface area (Å²) in [7, 11) is 0. The molecule has 0 saturated carbocycles. The highest BCUT2D eigenvalue weighted by molar-refractivity contribution is 5.66. The molecule has 1 heterocycles. The van der Waals surface area contributed by atoms with Crippen LogP contribution in [0.25, 0.3) is 0 Å². The molecule has 1 aliphatic heterocycles. The van der Waals surface area contributed by atoms with Gasteiger partial charge in [0.2, 0.25) is 0 Å². The van der Waals surface area contributed by atoms with Crippen LogP contribution in [0.4, 0.5) is 0 Å². The summed E-state index contributed by atoms with van der Waals surface area (Å²) in [5.74, 6) is 0.515. The molecule has 0 spiro atoms. The predicted molar refractivity (Wildman–Crippen MR) is 59.6 cm³/mol. The monoisotopic (exact) mass is 214 g/mol. The molecule has 3 N–H and O–H groups in total. The minimum atomic E-state index is -0.727. The number of hydrogen-bond donors (Lipinski definition) is 2. The van der Waals surface area contributed by atoms with E-state index in [1.54, 1.807) is 0 Å². The number of likely N-dealkylation sites (tertiary alicyclic amines) is 1.